The molecule has 0 spiro atoms. The lowest BCUT2D eigenvalue weighted by Crippen LogP contribution is -2.37. The van der Waals surface area contributed by atoms with Crippen LogP contribution in [0.2, 0.25) is 0 Å². The summed E-state index contributed by atoms with van der Waals surface area (Å²) in [6.45, 7) is 3.61. The van der Waals surface area contributed by atoms with Crippen LogP contribution in [0.5, 0.6) is 0 Å². The molecule has 12 nitrogen and oxygen atoms in total. The summed E-state index contributed by atoms with van der Waals surface area (Å²) in [7, 11) is 0. The molecule has 2 aromatic heterocycles. The van der Waals surface area contributed by atoms with Crippen LogP contribution in [0.3, 0.4) is 0 Å². The van der Waals surface area contributed by atoms with E-state index in [2.05, 4.69) is 25.5 Å². The Kier molecular flexibility index (Phi) is 8.19. The van der Waals surface area contributed by atoms with Crippen molar-refractivity contribution in [1.82, 2.24) is 24.8 Å². The molecule has 2 fully saturated rings. The highest BCUT2D eigenvalue weighted by molar-refractivity contribution is 6.01. The summed E-state index contributed by atoms with van der Waals surface area (Å²) >= 11 is 0. The standard InChI is InChI=1S/C34H32N8O4/c43-28-11-12-42(20-28)33(44)23-3-8-27(9-4-23)38-34(45)37-26-6-1-22(2-7-26)31-39-30-17-24(25-18-35-21-36-19-25)5-10-29(30)32(40-31)41-13-15-46-16-14-41/h1-10,17-19,21,28,43H,11-16,20H2,(H2,37,38,45). The smallest absolute Gasteiger partial charge is 0.323 e. The molecule has 46 heavy (non-hydrogen) atoms. The second-order valence-corrected chi connectivity index (χ2v) is 11.3. The predicted molar refractivity (Wildman–Crippen MR) is 175 cm³/mol. The second kappa shape index (κ2) is 12.9. The highest BCUT2D eigenvalue weighted by atomic mass is 16.5. The molecule has 2 saturated heterocycles. The van der Waals surface area contributed by atoms with Crippen molar-refractivity contribution in [3.63, 3.8) is 0 Å². The summed E-state index contributed by atoms with van der Waals surface area (Å²) < 4.78 is 5.58. The maximum Gasteiger partial charge on any atom is 0.323 e. The number of likely N-dealkylation sites (tertiary alicyclic amines) is 1. The van der Waals surface area contributed by atoms with Crippen LogP contribution in [0.15, 0.2) is 85.5 Å². The number of carbonyl (C=O) groups is 2. The van der Waals surface area contributed by atoms with Crippen LogP contribution in [0, 0.1) is 0 Å². The Bertz CT molecular complexity index is 1860. The number of morpholine rings is 1. The molecule has 0 bridgehead atoms. The average molecular weight is 617 g/mol. The molecule has 0 aliphatic carbocycles. The number of nitrogens with one attached hydrogen (secondary N) is 2. The Labute approximate surface area is 265 Å². The van der Waals surface area contributed by atoms with E-state index in [9.17, 15) is 14.7 Å². The Morgan fingerprint density at radius 2 is 1.48 bits per heavy atom. The van der Waals surface area contributed by atoms with Crippen LogP contribution in [0.1, 0.15) is 16.8 Å². The normalized spacial score (nSPS) is 16.4. The van der Waals surface area contributed by atoms with Gasteiger partial charge in [0, 0.05) is 72.0 Å². The zero-order valence-electron chi connectivity index (χ0n) is 25.0. The molecule has 1 unspecified atom stereocenters. The van der Waals surface area contributed by atoms with E-state index < -0.39 is 12.1 Å². The van der Waals surface area contributed by atoms with Gasteiger partial charge in [-0.25, -0.2) is 24.7 Å². The predicted octanol–water partition coefficient (Wildman–Crippen LogP) is 4.44. The Morgan fingerprint density at radius 3 is 2.15 bits per heavy atom. The third kappa shape index (κ3) is 6.34. The van der Waals surface area contributed by atoms with E-state index in [-0.39, 0.29) is 5.91 Å². The van der Waals surface area contributed by atoms with Crippen LogP contribution in [-0.2, 0) is 4.74 Å². The topological polar surface area (TPSA) is 146 Å². The van der Waals surface area contributed by atoms with E-state index in [0.29, 0.717) is 55.5 Å². The fourth-order valence-electron chi connectivity index (χ4n) is 5.69. The number of benzene rings is 3. The number of amides is 3. The summed E-state index contributed by atoms with van der Waals surface area (Å²) in [5, 5.41) is 16.3. The molecule has 3 N–H and O–H groups in total. The highest BCUT2D eigenvalue weighted by Crippen LogP contribution is 2.31. The van der Waals surface area contributed by atoms with Crippen molar-refractivity contribution in [3.05, 3.63) is 91.0 Å². The number of aliphatic hydroxyl groups is 1. The van der Waals surface area contributed by atoms with E-state index in [1.165, 1.54) is 6.33 Å². The summed E-state index contributed by atoms with van der Waals surface area (Å²) in [4.78, 5) is 47.5. The lowest BCUT2D eigenvalue weighted by atomic mass is 10.1. The number of hydrogen-bond donors (Lipinski definition) is 3. The Morgan fingerprint density at radius 1 is 0.804 bits per heavy atom. The van der Waals surface area contributed by atoms with Crippen LogP contribution in [-0.4, -0.2) is 87.4 Å². The molecule has 7 rings (SSSR count). The number of ether oxygens (including phenoxy) is 1. The van der Waals surface area contributed by atoms with Gasteiger partial charge in [0.1, 0.15) is 12.1 Å². The fourth-order valence-corrected chi connectivity index (χ4v) is 5.69. The van der Waals surface area contributed by atoms with E-state index in [4.69, 9.17) is 14.7 Å². The van der Waals surface area contributed by atoms with Gasteiger partial charge in [-0.15, -0.1) is 0 Å². The molecule has 1 atom stereocenters. The highest BCUT2D eigenvalue weighted by Gasteiger charge is 2.25. The first-order chi connectivity index (χ1) is 22.5. The molecular formula is C34H32N8O4. The van der Waals surface area contributed by atoms with Crippen LogP contribution >= 0.6 is 0 Å². The minimum absolute atomic E-state index is 0.133. The molecule has 232 valence electrons. The maximum atomic E-state index is 12.7. The lowest BCUT2D eigenvalue weighted by Gasteiger charge is -2.29. The van der Waals surface area contributed by atoms with Gasteiger partial charge in [-0.2, -0.15) is 0 Å². The zero-order chi connectivity index (χ0) is 31.5. The van der Waals surface area contributed by atoms with Crippen molar-refractivity contribution in [2.45, 2.75) is 12.5 Å². The summed E-state index contributed by atoms with van der Waals surface area (Å²) in [6, 6.07) is 19.8. The third-order valence-electron chi connectivity index (χ3n) is 8.12. The van der Waals surface area contributed by atoms with Gasteiger partial charge in [0.25, 0.3) is 5.91 Å². The minimum Gasteiger partial charge on any atom is -0.391 e. The summed E-state index contributed by atoms with van der Waals surface area (Å²) in [6.07, 6.45) is 5.18. The third-order valence-corrected chi connectivity index (χ3v) is 8.12. The molecule has 3 aromatic carbocycles. The van der Waals surface area contributed by atoms with E-state index in [1.54, 1.807) is 53.7 Å². The number of aromatic nitrogens is 4. The summed E-state index contributed by atoms with van der Waals surface area (Å²) in [5.41, 5.74) is 5.13. The average Bonchev–Trinajstić information content (AvgIpc) is 3.54. The van der Waals surface area contributed by atoms with E-state index in [0.717, 1.165) is 46.5 Å². The van der Waals surface area contributed by atoms with Gasteiger partial charge in [0.2, 0.25) is 0 Å². The van der Waals surface area contributed by atoms with Crippen molar-refractivity contribution in [3.8, 4) is 22.5 Å². The monoisotopic (exact) mass is 616 g/mol. The molecule has 0 saturated carbocycles. The SMILES string of the molecule is O=C(Nc1ccc(C(=O)N2CCC(O)C2)cc1)Nc1ccc(-c2nc(N3CCOCC3)c3ccc(-c4cncnc4)cc3n2)cc1. The maximum absolute atomic E-state index is 12.7. The number of β-amino-alcohol motifs (C(OH)–C–C–N with tert-alkyl or cyclic N) is 1. The van der Waals surface area contributed by atoms with Gasteiger partial charge >= 0.3 is 6.03 Å². The molecule has 12 heteroatoms. The number of urea groups is 1. The molecule has 4 heterocycles. The van der Waals surface area contributed by atoms with Crippen LogP contribution in [0.25, 0.3) is 33.4 Å². The van der Waals surface area contributed by atoms with Gasteiger partial charge < -0.3 is 30.3 Å². The molecule has 2 aliphatic rings. The number of rotatable bonds is 6. The number of nitrogens with zero attached hydrogens (tertiary/aromatic N) is 6. The minimum atomic E-state index is -0.473. The Hall–Kier alpha value is -5.46. The van der Waals surface area contributed by atoms with Gasteiger partial charge in [-0.1, -0.05) is 6.07 Å². The second-order valence-electron chi connectivity index (χ2n) is 11.3. The van der Waals surface area contributed by atoms with Crippen LogP contribution in [0.4, 0.5) is 22.0 Å². The Balaban J connectivity index is 1.07. The van der Waals surface area contributed by atoms with Crippen LogP contribution < -0.4 is 15.5 Å². The first-order valence-electron chi connectivity index (χ1n) is 15.2. The largest absolute Gasteiger partial charge is 0.391 e. The van der Waals surface area contributed by atoms with Crippen molar-refractivity contribution in [2.75, 3.05) is 54.9 Å². The van der Waals surface area contributed by atoms with Crippen molar-refractivity contribution in [1.29, 1.82) is 0 Å². The zero-order valence-corrected chi connectivity index (χ0v) is 25.0. The summed E-state index contributed by atoms with van der Waals surface area (Å²) in [5.74, 6) is 1.29. The van der Waals surface area contributed by atoms with E-state index >= 15 is 0 Å². The van der Waals surface area contributed by atoms with Gasteiger partial charge in [-0.3, -0.25) is 4.79 Å². The molecule has 0 radical (unpaired) electrons. The number of fused-ring (bicyclic) bond motifs is 1. The molecule has 2 aliphatic heterocycles. The van der Waals surface area contributed by atoms with Gasteiger partial charge in [-0.05, 0) is 72.6 Å². The fraction of sp³-hybridized carbons (Fsp3) is 0.235. The molecular weight excluding hydrogens is 584 g/mol. The first kappa shape index (κ1) is 29.3. The van der Waals surface area contributed by atoms with Crippen molar-refractivity contribution in [2.24, 2.45) is 0 Å². The lowest BCUT2D eigenvalue weighted by molar-refractivity contribution is 0.0765. The first-order valence-corrected chi connectivity index (χ1v) is 15.2. The molecule has 3 amide bonds. The van der Waals surface area contributed by atoms with Gasteiger partial charge in [0.15, 0.2) is 5.82 Å². The van der Waals surface area contributed by atoms with E-state index in [1.807, 2.05) is 30.3 Å². The number of anilines is 3. The van der Waals surface area contributed by atoms with Gasteiger partial charge in [0.05, 0.1) is 24.8 Å². The number of aliphatic hydroxyl groups excluding tert-OH is 1. The molecule has 5 aromatic rings. The van der Waals surface area contributed by atoms with Crippen molar-refractivity contribution < 1.29 is 19.4 Å². The van der Waals surface area contributed by atoms with Crippen molar-refractivity contribution >= 4 is 40.0 Å². The number of carbonyl (C=O) groups excluding carboxylic acids is 2. The quantitative estimate of drug-likeness (QED) is 0.252. The number of hydrogen-bond acceptors (Lipinski definition) is 9.